The van der Waals surface area contributed by atoms with Gasteiger partial charge in [0.15, 0.2) is 0 Å². The molecular weight excluding hydrogens is 180 g/mol. The van der Waals surface area contributed by atoms with Gasteiger partial charge in [-0.2, -0.15) is 0 Å². The van der Waals surface area contributed by atoms with Gasteiger partial charge < -0.3 is 4.74 Å². The van der Waals surface area contributed by atoms with Gasteiger partial charge in [0.25, 0.3) is 0 Å². The minimum absolute atomic E-state index is 0.806. The van der Waals surface area contributed by atoms with Gasteiger partial charge in [0, 0.05) is 12.4 Å². The monoisotopic (exact) mass is 196 g/mol. The molecule has 0 saturated heterocycles. The molecule has 1 nitrogen and oxygen atoms in total. The number of methoxy groups -OCH3 is 1. The zero-order chi connectivity index (χ0) is 7.54. The molecule has 0 atom stereocenters. The summed E-state index contributed by atoms with van der Waals surface area (Å²) < 4.78 is 4.64. The number of unbranched alkanes of at least 4 members (excludes halogenated alkanes) is 1. The molecule has 0 N–H and O–H groups in total. The molecule has 9 heavy (non-hydrogen) atoms. The quantitative estimate of drug-likeness (QED) is 0.632. The van der Waals surface area contributed by atoms with Crippen LogP contribution in [0.4, 0.5) is 0 Å². The van der Waals surface area contributed by atoms with Crippen molar-refractivity contribution in [1.29, 1.82) is 0 Å². The standard InChI is InChI=1S/C4H10.C3H7BrO/c1-3-4-2;1-5-3-2-4/h3-4H2,1-2H3;2-3H2,1H3. The van der Waals surface area contributed by atoms with E-state index in [2.05, 4.69) is 34.5 Å². The van der Waals surface area contributed by atoms with Crippen molar-refractivity contribution in [1.82, 2.24) is 0 Å². The minimum atomic E-state index is 0.806. The summed E-state index contributed by atoms with van der Waals surface area (Å²) in [5.41, 5.74) is 0. The summed E-state index contributed by atoms with van der Waals surface area (Å²) in [5, 5.41) is 0.934. The summed E-state index contributed by atoms with van der Waals surface area (Å²) in [7, 11) is 1.68. The van der Waals surface area contributed by atoms with Crippen LogP contribution in [-0.4, -0.2) is 19.0 Å². The Morgan fingerprint density at radius 2 is 1.67 bits per heavy atom. The number of ether oxygens (including phenoxy) is 1. The van der Waals surface area contributed by atoms with E-state index in [1.54, 1.807) is 7.11 Å². The molecule has 0 unspecified atom stereocenters. The molecule has 58 valence electrons. The average molecular weight is 197 g/mol. The van der Waals surface area contributed by atoms with Gasteiger partial charge in [-0.3, -0.25) is 0 Å². The van der Waals surface area contributed by atoms with E-state index in [4.69, 9.17) is 0 Å². The predicted octanol–water partition coefficient (Wildman–Crippen LogP) is 2.83. The molecule has 0 fully saturated rings. The molecule has 2 heteroatoms. The Bertz CT molecular complexity index is 28.1. The molecule has 0 aliphatic rings. The second-order valence-electron chi connectivity index (χ2n) is 1.68. The molecule has 0 rings (SSSR count). The predicted molar refractivity (Wildman–Crippen MR) is 46.3 cm³/mol. The number of halogens is 1. The van der Waals surface area contributed by atoms with Crippen LogP contribution in [0.1, 0.15) is 26.7 Å². The van der Waals surface area contributed by atoms with E-state index in [9.17, 15) is 0 Å². The minimum Gasteiger partial charge on any atom is -0.384 e. The van der Waals surface area contributed by atoms with Gasteiger partial charge in [-0.05, 0) is 0 Å². The summed E-state index contributed by atoms with van der Waals surface area (Å²) in [6, 6.07) is 0. The van der Waals surface area contributed by atoms with Gasteiger partial charge in [-0.1, -0.05) is 42.6 Å². The lowest BCUT2D eigenvalue weighted by Gasteiger charge is -1.83. The van der Waals surface area contributed by atoms with Crippen molar-refractivity contribution in [3.63, 3.8) is 0 Å². The number of rotatable bonds is 3. The van der Waals surface area contributed by atoms with Crippen LogP contribution in [0.3, 0.4) is 0 Å². The van der Waals surface area contributed by atoms with Crippen LogP contribution in [-0.2, 0) is 4.74 Å². The number of alkyl halides is 1. The van der Waals surface area contributed by atoms with E-state index in [0.717, 1.165) is 11.9 Å². The second-order valence-corrected chi connectivity index (χ2v) is 2.47. The maximum atomic E-state index is 4.64. The zero-order valence-electron chi connectivity index (χ0n) is 6.61. The SMILES string of the molecule is CCCC.COCCBr. The van der Waals surface area contributed by atoms with E-state index < -0.39 is 0 Å². The highest BCUT2D eigenvalue weighted by molar-refractivity contribution is 9.09. The van der Waals surface area contributed by atoms with Crippen molar-refractivity contribution in [2.45, 2.75) is 26.7 Å². The van der Waals surface area contributed by atoms with Gasteiger partial charge in [-0.25, -0.2) is 0 Å². The van der Waals surface area contributed by atoms with Crippen molar-refractivity contribution < 1.29 is 4.74 Å². The lowest BCUT2D eigenvalue weighted by atomic mass is 10.4. The molecule has 0 bridgehead atoms. The highest BCUT2D eigenvalue weighted by Gasteiger charge is 1.68. The molecule has 0 aliphatic heterocycles. The second kappa shape index (κ2) is 15.8. The highest BCUT2D eigenvalue weighted by atomic mass is 79.9. The lowest BCUT2D eigenvalue weighted by Crippen LogP contribution is -1.85. The van der Waals surface area contributed by atoms with Crippen LogP contribution >= 0.6 is 15.9 Å². The van der Waals surface area contributed by atoms with Gasteiger partial charge in [0.05, 0.1) is 6.61 Å². The molecule has 0 heterocycles. The molecular formula is C7H17BrO. The van der Waals surface area contributed by atoms with Crippen molar-refractivity contribution in [2.75, 3.05) is 19.0 Å². The van der Waals surface area contributed by atoms with E-state index in [0.29, 0.717) is 0 Å². The Kier molecular flexibility index (Phi) is 21.3. The maximum Gasteiger partial charge on any atom is 0.0559 e. The third-order valence-corrected chi connectivity index (χ3v) is 1.11. The highest BCUT2D eigenvalue weighted by Crippen LogP contribution is 1.76. The molecule has 0 spiro atoms. The molecule has 0 aliphatic carbocycles. The maximum absolute atomic E-state index is 4.64. The van der Waals surface area contributed by atoms with Gasteiger partial charge in [0.2, 0.25) is 0 Å². The van der Waals surface area contributed by atoms with Crippen LogP contribution in [0.2, 0.25) is 0 Å². The summed E-state index contributed by atoms with van der Waals surface area (Å²) in [4.78, 5) is 0. The lowest BCUT2D eigenvalue weighted by molar-refractivity contribution is 0.219. The van der Waals surface area contributed by atoms with Crippen LogP contribution < -0.4 is 0 Å². The third-order valence-electron chi connectivity index (χ3n) is 0.781. The van der Waals surface area contributed by atoms with Crippen LogP contribution in [0, 0.1) is 0 Å². The van der Waals surface area contributed by atoms with Crippen molar-refractivity contribution in [3.05, 3.63) is 0 Å². The Hall–Kier alpha value is 0.440. The van der Waals surface area contributed by atoms with Crippen molar-refractivity contribution in [3.8, 4) is 0 Å². The number of hydrogen-bond acceptors (Lipinski definition) is 1. The van der Waals surface area contributed by atoms with Crippen LogP contribution in [0.5, 0.6) is 0 Å². The first kappa shape index (κ1) is 12.1. The topological polar surface area (TPSA) is 9.23 Å². The molecule has 0 radical (unpaired) electrons. The molecule has 0 aromatic heterocycles. The Labute approximate surface area is 66.9 Å². The third kappa shape index (κ3) is 29.6. The zero-order valence-corrected chi connectivity index (χ0v) is 8.20. The normalized spacial score (nSPS) is 8.00. The van der Waals surface area contributed by atoms with E-state index in [1.807, 2.05) is 0 Å². The summed E-state index contributed by atoms with van der Waals surface area (Å²) in [6.07, 6.45) is 2.64. The molecule has 0 amide bonds. The first-order valence-corrected chi connectivity index (χ1v) is 4.50. The van der Waals surface area contributed by atoms with Gasteiger partial charge in [0.1, 0.15) is 0 Å². The molecule has 0 saturated carbocycles. The average Bonchev–Trinajstić information content (AvgIpc) is 1.91. The van der Waals surface area contributed by atoms with Crippen LogP contribution in [0.25, 0.3) is 0 Å². The number of hydrogen-bond donors (Lipinski definition) is 0. The summed E-state index contributed by atoms with van der Waals surface area (Å²) >= 11 is 3.18. The van der Waals surface area contributed by atoms with Crippen molar-refractivity contribution >= 4 is 15.9 Å². The smallest absolute Gasteiger partial charge is 0.0559 e. The molecule has 0 aromatic rings. The Morgan fingerprint density at radius 3 is 1.67 bits per heavy atom. The van der Waals surface area contributed by atoms with Crippen LogP contribution in [0.15, 0.2) is 0 Å². The first-order chi connectivity index (χ1) is 4.33. The van der Waals surface area contributed by atoms with E-state index in [1.165, 1.54) is 12.8 Å². The van der Waals surface area contributed by atoms with E-state index >= 15 is 0 Å². The first-order valence-electron chi connectivity index (χ1n) is 3.38. The largest absolute Gasteiger partial charge is 0.384 e. The fourth-order valence-electron chi connectivity index (χ4n) is 0.0772. The molecule has 0 aromatic carbocycles. The summed E-state index contributed by atoms with van der Waals surface area (Å²) in [5.74, 6) is 0. The van der Waals surface area contributed by atoms with Crippen molar-refractivity contribution in [2.24, 2.45) is 0 Å². The Morgan fingerprint density at radius 1 is 1.22 bits per heavy atom. The summed E-state index contributed by atoms with van der Waals surface area (Å²) in [6.45, 7) is 5.17. The van der Waals surface area contributed by atoms with E-state index in [-0.39, 0.29) is 0 Å². The Balaban J connectivity index is 0. The fourth-order valence-corrected chi connectivity index (χ4v) is 0.401. The fraction of sp³-hybridized carbons (Fsp3) is 1.00. The van der Waals surface area contributed by atoms with Gasteiger partial charge >= 0.3 is 0 Å². The van der Waals surface area contributed by atoms with Gasteiger partial charge in [-0.15, -0.1) is 0 Å².